The molecule has 0 saturated carbocycles. The maximum atomic E-state index is 2.53. The molecule has 2 nitrogen and oxygen atoms in total. The average molecular weight is 819 g/mol. The molecule has 0 N–H and O–H groups in total. The highest BCUT2D eigenvalue weighted by Crippen LogP contribution is 2.43. The second kappa shape index (κ2) is 15.2. The molecule has 0 saturated heterocycles. The van der Waals surface area contributed by atoms with Crippen molar-refractivity contribution in [3.05, 3.63) is 255 Å². The van der Waals surface area contributed by atoms with Gasteiger partial charge in [-0.05, 0) is 68.3 Å². The van der Waals surface area contributed by atoms with Gasteiger partial charge in [0.1, 0.15) is 0 Å². The molecule has 12 rings (SSSR count). The third kappa shape index (κ3) is 5.78. The first-order chi connectivity index (χ1) is 31.3. The molecule has 12 aromatic rings. The molecule has 0 bridgehead atoms. The smallest absolute Gasteiger partial charge is 0.179 e. The number of fused-ring (bicyclic) bond motifs is 6. The van der Waals surface area contributed by atoms with Crippen LogP contribution in [0, 0.1) is 0 Å². The molecule has 2 aromatic heterocycles. The van der Waals surface area contributed by atoms with Gasteiger partial charge in [0, 0.05) is 38.4 Å². The van der Waals surface area contributed by atoms with Crippen molar-refractivity contribution in [1.29, 1.82) is 0 Å². The largest absolute Gasteiger partial charge is 0.309 e. The highest BCUT2D eigenvalue weighted by molar-refractivity contribution is 7.19. The Morgan fingerprint density at radius 1 is 0.254 bits per heavy atom. The topological polar surface area (TPSA) is 9.86 Å². The van der Waals surface area contributed by atoms with Gasteiger partial charge in [-0.2, -0.15) is 0 Å². The summed E-state index contributed by atoms with van der Waals surface area (Å²) in [6.45, 7) is 0. The van der Waals surface area contributed by atoms with E-state index in [1.54, 1.807) is 0 Å². The second-order valence-corrected chi connectivity index (χ2v) is 20.2. The number of hydrogen-bond acceptors (Lipinski definition) is 0. The summed E-state index contributed by atoms with van der Waals surface area (Å²) in [5, 5.41) is 10.4. The van der Waals surface area contributed by atoms with Crippen molar-refractivity contribution in [2.75, 3.05) is 0 Å². The van der Waals surface area contributed by atoms with E-state index in [-0.39, 0.29) is 0 Å². The predicted octanol–water partition coefficient (Wildman–Crippen LogP) is 12.6. The first-order valence-corrected chi connectivity index (χ1v) is 23.8. The molecule has 296 valence electrons. The van der Waals surface area contributed by atoms with Crippen LogP contribution in [0.3, 0.4) is 0 Å². The molecule has 0 fully saturated rings. The molecular weight excluding hydrogens is 777 g/mol. The fourth-order valence-electron chi connectivity index (χ4n) is 10.5. The lowest BCUT2D eigenvalue weighted by molar-refractivity contribution is 1.18. The SMILES string of the molecule is c1ccc([Si](c2ccccc2)(c2ccccc2)c2cccc(-n3c4ccccc4c4cccc(-c5ccccc5-c5ccccc5-n5c6ccccc6c6ccccc65)c43)c2)cc1. The van der Waals surface area contributed by atoms with Crippen LogP contribution in [0.5, 0.6) is 0 Å². The van der Waals surface area contributed by atoms with Crippen molar-refractivity contribution in [2.24, 2.45) is 0 Å². The van der Waals surface area contributed by atoms with Crippen LogP contribution in [0.1, 0.15) is 0 Å². The van der Waals surface area contributed by atoms with Crippen LogP contribution in [-0.4, -0.2) is 17.2 Å². The van der Waals surface area contributed by atoms with Crippen molar-refractivity contribution in [3.63, 3.8) is 0 Å². The van der Waals surface area contributed by atoms with E-state index in [2.05, 4.69) is 264 Å². The lowest BCUT2D eigenvalue weighted by Gasteiger charge is -2.34. The van der Waals surface area contributed by atoms with Crippen molar-refractivity contribution in [3.8, 4) is 33.6 Å². The van der Waals surface area contributed by atoms with Crippen LogP contribution in [0.4, 0.5) is 0 Å². The molecule has 0 aliphatic carbocycles. The van der Waals surface area contributed by atoms with E-state index in [1.807, 2.05) is 0 Å². The van der Waals surface area contributed by atoms with Gasteiger partial charge < -0.3 is 9.13 Å². The molecular formula is C60H42N2Si. The zero-order valence-electron chi connectivity index (χ0n) is 34.6. The average Bonchev–Trinajstić information content (AvgIpc) is 3.89. The van der Waals surface area contributed by atoms with Crippen LogP contribution in [-0.2, 0) is 0 Å². The number of para-hydroxylation sites is 5. The fourth-order valence-corrected chi connectivity index (χ4v) is 15.3. The molecule has 3 heteroatoms. The van der Waals surface area contributed by atoms with E-state index in [1.165, 1.54) is 86.6 Å². The minimum Gasteiger partial charge on any atom is -0.309 e. The summed E-state index contributed by atoms with van der Waals surface area (Å²) in [5.74, 6) is 0. The van der Waals surface area contributed by atoms with Crippen molar-refractivity contribution in [2.45, 2.75) is 0 Å². The van der Waals surface area contributed by atoms with Crippen LogP contribution in [0.2, 0.25) is 0 Å². The number of benzene rings is 10. The Labute approximate surface area is 368 Å². The van der Waals surface area contributed by atoms with Gasteiger partial charge in [-0.1, -0.05) is 218 Å². The van der Waals surface area contributed by atoms with E-state index in [0.717, 1.165) is 11.4 Å². The Morgan fingerprint density at radius 3 is 1.21 bits per heavy atom. The number of rotatable bonds is 8. The Balaban J connectivity index is 1.12. The molecule has 0 aliphatic heterocycles. The Bertz CT molecular complexity index is 3470. The van der Waals surface area contributed by atoms with Crippen LogP contribution in [0.15, 0.2) is 255 Å². The van der Waals surface area contributed by atoms with Gasteiger partial charge in [0.25, 0.3) is 0 Å². The van der Waals surface area contributed by atoms with E-state index in [0.29, 0.717) is 0 Å². The number of aromatic nitrogens is 2. The molecule has 0 atom stereocenters. The monoisotopic (exact) mass is 818 g/mol. The molecule has 0 amide bonds. The Morgan fingerprint density at radius 2 is 0.635 bits per heavy atom. The summed E-state index contributed by atoms with van der Waals surface area (Å²) in [6, 6.07) is 94.3. The zero-order valence-corrected chi connectivity index (χ0v) is 35.6. The van der Waals surface area contributed by atoms with Gasteiger partial charge in [-0.25, -0.2) is 0 Å². The highest BCUT2D eigenvalue weighted by Gasteiger charge is 2.41. The Kier molecular flexibility index (Phi) is 8.87. The van der Waals surface area contributed by atoms with Gasteiger partial charge in [0.05, 0.1) is 27.8 Å². The summed E-state index contributed by atoms with van der Waals surface area (Å²) in [7, 11) is -2.80. The van der Waals surface area contributed by atoms with Crippen LogP contribution >= 0.6 is 0 Å². The third-order valence-electron chi connectivity index (χ3n) is 13.1. The molecule has 0 aliphatic rings. The zero-order chi connectivity index (χ0) is 41.7. The second-order valence-electron chi connectivity index (χ2n) is 16.4. The number of nitrogens with zero attached hydrogens (tertiary/aromatic N) is 2. The number of hydrogen-bond donors (Lipinski definition) is 0. The summed E-state index contributed by atoms with van der Waals surface area (Å²) >= 11 is 0. The quantitative estimate of drug-likeness (QED) is 0.107. The highest BCUT2D eigenvalue weighted by atomic mass is 28.3. The van der Waals surface area contributed by atoms with E-state index < -0.39 is 8.07 Å². The molecule has 10 aromatic carbocycles. The molecule has 0 unspecified atom stereocenters. The van der Waals surface area contributed by atoms with Gasteiger partial charge in [-0.15, -0.1) is 0 Å². The van der Waals surface area contributed by atoms with Gasteiger partial charge in [0.15, 0.2) is 8.07 Å². The Hall–Kier alpha value is -7.98. The first kappa shape index (κ1) is 36.8. The fraction of sp³-hybridized carbons (Fsp3) is 0. The molecule has 2 heterocycles. The van der Waals surface area contributed by atoms with Crippen molar-refractivity contribution in [1.82, 2.24) is 9.13 Å². The minimum atomic E-state index is -2.80. The maximum absolute atomic E-state index is 2.80. The van der Waals surface area contributed by atoms with E-state index >= 15 is 0 Å². The van der Waals surface area contributed by atoms with Crippen molar-refractivity contribution >= 4 is 72.4 Å². The molecule has 0 spiro atoms. The van der Waals surface area contributed by atoms with E-state index in [4.69, 9.17) is 0 Å². The summed E-state index contributed by atoms with van der Waals surface area (Å²) in [4.78, 5) is 0. The lowest BCUT2D eigenvalue weighted by atomic mass is 9.92. The predicted molar refractivity (Wildman–Crippen MR) is 270 cm³/mol. The molecule has 63 heavy (non-hydrogen) atoms. The minimum absolute atomic E-state index is 1.15. The summed E-state index contributed by atoms with van der Waals surface area (Å²) in [6.07, 6.45) is 0. The van der Waals surface area contributed by atoms with Gasteiger partial charge in [-0.3, -0.25) is 0 Å². The van der Waals surface area contributed by atoms with Gasteiger partial charge in [0.2, 0.25) is 0 Å². The summed E-state index contributed by atoms with van der Waals surface area (Å²) in [5.41, 5.74) is 11.9. The standard InChI is InChI=1S/C60H42N2Si/c1-4-23-44(24-5-1)63(45-25-6-2-7-26-45,46-27-8-3-9-28-46)47-29-20-22-43(42-47)61-56-38-16-15-35-53(56)55-37-21-36-54(60(55)61)49-31-11-10-30-48(49)50-32-12-17-39-57(50)62-58-40-18-13-33-51(58)52-34-14-19-41-59(52)62/h1-42H. The molecule has 0 radical (unpaired) electrons. The normalized spacial score (nSPS) is 11.8. The first-order valence-electron chi connectivity index (χ1n) is 21.8. The van der Waals surface area contributed by atoms with E-state index in [9.17, 15) is 0 Å². The van der Waals surface area contributed by atoms with Gasteiger partial charge >= 0.3 is 0 Å². The lowest BCUT2D eigenvalue weighted by Crippen LogP contribution is -2.74. The van der Waals surface area contributed by atoms with Crippen molar-refractivity contribution < 1.29 is 0 Å². The maximum Gasteiger partial charge on any atom is 0.179 e. The summed E-state index contributed by atoms with van der Waals surface area (Å²) < 4.78 is 4.97. The van der Waals surface area contributed by atoms with Crippen LogP contribution < -0.4 is 20.7 Å². The third-order valence-corrected chi connectivity index (χ3v) is 17.9. The van der Waals surface area contributed by atoms with Crippen LogP contribution in [0.25, 0.3) is 77.2 Å².